The van der Waals surface area contributed by atoms with Crippen molar-refractivity contribution in [3.63, 3.8) is 0 Å². The van der Waals surface area contributed by atoms with Crippen LogP contribution >= 0.6 is 0 Å². The van der Waals surface area contributed by atoms with Gasteiger partial charge in [-0.15, -0.1) is 0 Å². The normalized spacial score (nSPS) is 22.4. The lowest BCUT2D eigenvalue weighted by Crippen LogP contribution is -2.24. The molecule has 0 saturated heterocycles. The zero-order valence-electron chi connectivity index (χ0n) is 13.5. The van der Waals surface area contributed by atoms with Crippen LogP contribution in [0.4, 0.5) is 4.39 Å². The molecule has 0 heterocycles. The number of aliphatic hydroxyl groups is 1. The predicted molar refractivity (Wildman–Crippen MR) is 90.2 cm³/mol. The summed E-state index contributed by atoms with van der Waals surface area (Å²) in [5.41, 5.74) is 5.67. The van der Waals surface area contributed by atoms with Crippen LogP contribution in [0.15, 0.2) is 41.1 Å². The molecule has 24 heavy (non-hydrogen) atoms. The van der Waals surface area contributed by atoms with Gasteiger partial charge in [0.05, 0.1) is 23.1 Å². The first-order valence-corrected chi connectivity index (χ1v) is 9.71. The molecule has 134 valence electrons. The fourth-order valence-corrected chi connectivity index (χ4v) is 4.47. The Balaban J connectivity index is 1.96. The largest absolute Gasteiger partial charge is 0.489 e. The van der Waals surface area contributed by atoms with E-state index in [9.17, 15) is 17.9 Å². The highest BCUT2D eigenvalue weighted by Gasteiger charge is 2.25. The fraction of sp³-hybridized carbons (Fsp3) is 0.529. The molecule has 1 aromatic rings. The molecule has 2 rings (SSSR count). The standard InChI is InChI=1S/C17H24FNO4S/c18-9-14(10-19)11-23-16-5-7-17(8-6-16)24(21,22)12-13-1-3-15(20)4-2-13/h5-9,13,15,20H,1-4,10-12,19H2/b14-9+/t13-,15+. The molecule has 0 spiro atoms. The molecule has 7 heteroatoms. The number of hydrogen-bond acceptors (Lipinski definition) is 5. The van der Waals surface area contributed by atoms with Gasteiger partial charge in [-0.3, -0.25) is 0 Å². The van der Waals surface area contributed by atoms with Gasteiger partial charge in [-0.2, -0.15) is 0 Å². The lowest BCUT2D eigenvalue weighted by atomic mass is 9.89. The molecule has 1 aliphatic carbocycles. The van der Waals surface area contributed by atoms with Crippen molar-refractivity contribution >= 4 is 9.84 Å². The number of ether oxygens (including phenoxy) is 1. The summed E-state index contributed by atoms with van der Waals surface area (Å²) < 4.78 is 42.7. The van der Waals surface area contributed by atoms with Crippen molar-refractivity contribution < 1.29 is 22.7 Å². The van der Waals surface area contributed by atoms with Crippen molar-refractivity contribution in [3.8, 4) is 5.75 Å². The minimum absolute atomic E-state index is 0.0312. The Bertz CT molecular complexity index is 650. The van der Waals surface area contributed by atoms with E-state index in [1.807, 2.05) is 0 Å². The third-order valence-corrected chi connectivity index (χ3v) is 6.20. The first-order chi connectivity index (χ1) is 11.4. The first kappa shape index (κ1) is 18.9. The average Bonchev–Trinajstić information content (AvgIpc) is 2.58. The second kappa shape index (κ2) is 8.60. The number of halogens is 1. The van der Waals surface area contributed by atoms with Crippen LogP contribution in [0, 0.1) is 5.92 Å². The van der Waals surface area contributed by atoms with Crippen molar-refractivity contribution in [1.29, 1.82) is 0 Å². The number of benzene rings is 1. The lowest BCUT2D eigenvalue weighted by Gasteiger charge is -2.25. The van der Waals surface area contributed by atoms with Crippen molar-refractivity contribution in [2.45, 2.75) is 36.7 Å². The Hall–Kier alpha value is -1.44. The van der Waals surface area contributed by atoms with Crippen LogP contribution in [-0.4, -0.2) is 38.5 Å². The van der Waals surface area contributed by atoms with E-state index in [1.165, 1.54) is 12.1 Å². The topological polar surface area (TPSA) is 89.6 Å². The molecule has 3 N–H and O–H groups in total. The highest BCUT2D eigenvalue weighted by molar-refractivity contribution is 7.91. The highest BCUT2D eigenvalue weighted by Crippen LogP contribution is 2.28. The zero-order valence-corrected chi connectivity index (χ0v) is 14.3. The van der Waals surface area contributed by atoms with Crippen molar-refractivity contribution in [3.05, 3.63) is 36.2 Å². The minimum Gasteiger partial charge on any atom is -0.489 e. The van der Waals surface area contributed by atoms with E-state index in [1.54, 1.807) is 12.1 Å². The molecule has 5 nitrogen and oxygen atoms in total. The lowest BCUT2D eigenvalue weighted by molar-refractivity contribution is 0.113. The number of nitrogens with two attached hydrogens (primary N) is 1. The van der Waals surface area contributed by atoms with Gasteiger partial charge in [0, 0.05) is 12.1 Å². The van der Waals surface area contributed by atoms with Gasteiger partial charge < -0.3 is 15.6 Å². The smallest absolute Gasteiger partial charge is 0.178 e. The van der Waals surface area contributed by atoms with E-state index in [0.717, 1.165) is 12.8 Å². The Kier molecular flexibility index (Phi) is 6.77. The quantitative estimate of drug-likeness (QED) is 0.781. The van der Waals surface area contributed by atoms with Gasteiger partial charge in [-0.25, -0.2) is 12.8 Å². The second-order valence-electron chi connectivity index (χ2n) is 6.19. The predicted octanol–water partition coefficient (Wildman–Crippen LogP) is 2.20. The van der Waals surface area contributed by atoms with E-state index in [0.29, 0.717) is 30.5 Å². The van der Waals surface area contributed by atoms with Gasteiger partial charge in [-0.05, 0) is 55.9 Å². The van der Waals surface area contributed by atoms with Gasteiger partial charge in [0.15, 0.2) is 9.84 Å². The van der Waals surface area contributed by atoms with Crippen molar-refractivity contribution in [1.82, 2.24) is 0 Å². The van der Waals surface area contributed by atoms with Crippen LogP contribution in [0.1, 0.15) is 25.7 Å². The van der Waals surface area contributed by atoms with Gasteiger partial charge in [0.2, 0.25) is 0 Å². The van der Waals surface area contributed by atoms with Crippen molar-refractivity contribution in [2.24, 2.45) is 11.7 Å². The van der Waals surface area contributed by atoms with Gasteiger partial charge in [0.25, 0.3) is 0 Å². The van der Waals surface area contributed by atoms with Crippen LogP contribution < -0.4 is 10.5 Å². The molecular formula is C17H24FNO4S. The van der Waals surface area contributed by atoms with Gasteiger partial charge in [-0.1, -0.05) is 0 Å². The number of aliphatic hydroxyl groups excluding tert-OH is 1. The molecule has 0 bridgehead atoms. The molecule has 0 amide bonds. The van der Waals surface area contributed by atoms with E-state index in [4.69, 9.17) is 10.5 Å². The van der Waals surface area contributed by atoms with Crippen LogP contribution in [-0.2, 0) is 9.84 Å². The average molecular weight is 357 g/mol. The maximum Gasteiger partial charge on any atom is 0.178 e. The van der Waals surface area contributed by atoms with E-state index in [-0.39, 0.29) is 35.8 Å². The number of sulfone groups is 1. The van der Waals surface area contributed by atoms with Crippen LogP contribution in [0.5, 0.6) is 5.75 Å². The summed E-state index contributed by atoms with van der Waals surface area (Å²) in [6, 6.07) is 6.13. The van der Waals surface area contributed by atoms with E-state index < -0.39 is 9.84 Å². The number of rotatable bonds is 7. The third kappa shape index (κ3) is 5.29. The zero-order chi connectivity index (χ0) is 17.6. The maximum absolute atomic E-state index is 12.5. The Morgan fingerprint density at radius 3 is 2.42 bits per heavy atom. The van der Waals surface area contributed by atoms with E-state index in [2.05, 4.69) is 0 Å². The molecule has 1 aromatic carbocycles. The number of hydrogen-bond donors (Lipinski definition) is 2. The summed E-state index contributed by atoms with van der Waals surface area (Å²) in [5, 5.41) is 9.50. The van der Waals surface area contributed by atoms with Crippen LogP contribution in [0.2, 0.25) is 0 Å². The third-order valence-electron chi connectivity index (χ3n) is 4.29. The fourth-order valence-electron chi connectivity index (χ4n) is 2.77. The maximum atomic E-state index is 12.5. The molecule has 0 radical (unpaired) electrons. The molecule has 1 aliphatic rings. The molecule has 0 atom stereocenters. The van der Waals surface area contributed by atoms with Crippen LogP contribution in [0.25, 0.3) is 0 Å². The summed E-state index contributed by atoms with van der Waals surface area (Å²) >= 11 is 0. The molecular weight excluding hydrogens is 333 g/mol. The SMILES string of the molecule is NC/C(=C\F)COc1ccc(S(=O)(=O)C[C@H]2CC[C@@H](O)CC2)cc1. The summed E-state index contributed by atoms with van der Waals surface area (Å²) in [6.07, 6.45) is 2.92. The summed E-state index contributed by atoms with van der Waals surface area (Å²) in [6.45, 7) is 0.0997. The molecule has 0 unspecified atom stereocenters. The Morgan fingerprint density at radius 1 is 1.25 bits per heavy atom. The first-order valence-electron chi connectivity index (χ1n) is 8.06. The molecule has 0 aliphatic heterocycles. The Labute approximate surface area is 142 Å². The van der Waals surface area contributed by atoms with Gasteiger partial charge >= 0.3 is 0 Å². The summed E-state index contributed by atoms with van der Waals surface area (Å²) in [4.78, 5) is 0.251. The van der Waals surface area contributed by atoms with Crippen molar-refractivity contribution in [2.75, 3.05) is 18.9 Å². The molecule has 0 aromatic heterocycles. The Morgan fingerprint density at radius 2 is 1.88 bits per heavy atom. The highest BCUT2D eigenvalue weighted by atomic mass is 32.2. The summed E-state index contributed by atoms with van der Waals surface area (Å²) in [7, 11) is -3.36. The second-order valence-corrected chi connectivity index (χ2v) is 8.22. The minimum atomic E-state index is -3.36. The molecule has 1 fully saturated rings. The van der Waals surface area contributed by atoms with Crippen LogP contribution in [0.3, 0.4) is 0 Å². The monoisotopic (exact) mass is 357 g/mol. The van der Waals surface area contributed by atoms with Gasteiger partial charge in [0.1, 0.15) is 12.4 Å². The summed E-state index contributed by atoms with van der Waals surface area (Å²) in [5.74, 6) is 0.653. The molecule has 1 saturated carbocycles. The van der Waals surface area contributed by atoms with E-state index >= 15 is 0 Å².